The number of aromatic amines is 1. The van der Waals surface area contributed by atoms with E-state index in [9.17, 15) is 23.3 Å². The van der Waals surface area contributed by atoms with E-state index in [1.165, 1.54) is 28.8 Å². The first-order valence-electron chi connectivity index (χ1n) is 22.0. The number of nitro groups is 1. The third kappa shape index (κ3) is 9.43. The third-order valence-corrected chi connectivity index (χ3v) is 14.0. The zero-order chi connectivity index (χ0) is 44.4. The van der Waals surface area contributed by atoms with Gasteiger partial charge in [0.25, 0.3) is 21.6 Å². The number of pyridine rings is 1. The number of fused-ring (bicyclic) bond motifs is 2. The summed E-state index contributed by atoms with van der Waals surface area (Å²) in [5, 5.41) is 16.0. The molecule has 1 unspecified atom stereocenters. The van der Waals surface area contributed by atoms with Crippen molar-refractivity contribution in [2.24, 2.45) is 5.41 Å². The molecule has 5 aromatic rings. The van der Waals surface area contributed by atoms with Crippen molar-refractivity contribution in [3.05, 3.63) is 112 Å². The quantitative estimate of drug-likeness (QED) is 0.0851. The molecule has 2 fully saturated rings. The van der Waals surface area contributed by atoms with Crippen LogP contribution in [0.2, 0.25) is 0 Å². The molecule has 17 heteroatoms. The van der Waals surface area contributed by atoms with E-state index in [-0.39, 0.29) is 29.3 Å². The van der Waals surface area contributed by atoms with E-state index in [0.717, 1.165) is 69.1 Å². The van der Waals surface area contributed by atoms with E-state index in [1.807, 2.05) is 29.2 Å². The molecule has 5 heterocycles. The second-order valence-electron chi connectivity index (χ2n) is 17.7. The summed E-state index contributed by atoms with van der Waals surface area (Å²) in [6, 6.07) is 23.6. The Morgan fingerprint density at radius 2 is 1.80 bits per heavy atom. The Hall–Kier alpha value is -6.01. The van der Waals surface area contributed by atoms with E-state index >= 15 is 0 Å². The summed E-state index contributed by atoms with van der Waals surface area (Å²) in [6.07, 6.45) is 5.38. The molecule has 0 bridgehead atoms. The lowest BCUT2D eigenvalue weighted by Gasteiger charge is -2.39. The van der Waals surface area contributed by atoms with Crippen LogP contribution in [0.15, 0.2) is 95.5 Å². The third-order valence-electron chi connectivity index (χ3n) is 12.6. The Bertz CT molecular complexity index is 2670. The van der Waals surface area contributed by atoms with E-state index < -0.39 is 31.4 Å². The average Bonchev–Trinajstić information content (AvgIpc) is 3.66. The maximum absolute atomic E-state index is 14.4. The van der Waals surface area contributed by atoms with Gasteiger partial charge in [0.1, 0.15) is 17.0 Å². The van der Waals surface area contributed by atoms with Gasteiger partial charge in [-0.15, -0.1) is 0 Å². The van der Waals surface area contributed by atoms with E-state index in [0.29, 0.717) is 62.3 Å². The number of H-pyrrole nitrogens is 1. The number of carbonyl (C=O) groups excluding carboxylic acids is 1. The number of piperazine rings is 1. The standard InChI is InChI=1S/C47H54N8O8S/c1-47(2)15-13-34(39(28-47)32-7-4-3-5-8-32)30-52-18-20-53(21-19-52)35-9-11-38(41(26-35)54-17-6-22-63-46-43(54)25-33-14-16-48-44(33)50-46)45(56)51-64(59,60)37-10-12-40(42(27-37)55(57)58)49-29-36-31-61-23-24-62-36/h3-5,7-12,14,16,25-27,36,49H,6,13,15,17-24,28-31H2,1-2H3,(H,48,50)(H,51,56). The van der Waals surface area contributed by atoms with Crippen LogP contribution in [0.1, 0.15) is 55.5 Å². The highest BCUT2D eigenvalue weighted by Crippen LogP contribution is 2.44. The van der Waals surface area contributed by atoms with Gasteiger partial charge in [0.15, 0.2) is 0 Å². The van der Waals surface area contributed by atoms with Gasteiger partial charge in [0.2, 0.25) is 5.88 Å². The number of anilines is 4. The summed E-state index contributed by atoms with van der Waals surface area (Å²) in [4.78, 5) is 40.1. The molecule has 336 valence electrons. The van der Waals surface area contributed by atoms with Crippen LogP contribution in [-0.4, -0.2) is 112 Å². The fourth-order valence-electron chi connectivity index (χ4n) is 9.13. The number of carbonyl (C=O) groups is 1. The van der Waals surface area contributed by atoms with Crippen LogP contribution >= 0.6 is 0 Å². The first-order valence-corrected chi connectivity index (χ1v) is 23.4. The van der Waals surface area contributed by atoms with Gasteiger partial charge in [-0.1, -0.05) is 49.8 Å². The van der Waals surface area contributed by atoms with Crippen molar-refractivity contribution in [2.75, 3.05) is 87.4 Å². The van der Waals surface area contributed by atoms with Crippen molar-refractivity contribution in [1.29, 1.82) is 0 Å². The van der Waals surface area contributed by atoms with Crippen LogP contribution in [-0.2, 0) is 19.5 Å². The predicted octanol–water partition coefficient (Wildman–Crippen LogP) is 7.12. The number of nitro benzene ring substituents is 1. The fourth-order valence-corrected chi connectivity index (χ4v) is 10.1. The molecule has 3 N–H and O–H groups in total. The lowest BCUT2D eigenvalue weighted by Crippen LogP contribution is -2.47. The largest absolute Gasteiger partial charge is 0.476 e. The Kier molecular flexibility index (Phi) is 12.3. The number of nitrogens with zero attached hydrogens (tertiary/aromatic N) is 5. The Balaban J connectivity index is 0.988. The number of hydrogen-bond acceptors (Lipinski definition) is 13. The molecule has 1 aliphatic carbocycles. The minimum Gasteiger partial charge on any atom is -0.476 e. The topological polar surface area (TPSA) is 185 Å². The molecule has 0 spiro atoms. The number of nitrogens with one attached hydrogen (secondary N) is 3. The molecule has 0 saturated carbocycles. The van der Waals surface area contributed by atoms with Crippen LogP contribution in [0.4, 0.5) is 28.4 Å². The average molecular weight is 891 g/mol. The van der Waals surface area contributed by atoms with Gasteiger partial charge in [-0.3, -0.25) is 19.8 Å². The second kappa shape index (κ2) is 18.2. The zero-order valence-corrected chi connectivity index (χ0v) is 37.0. The van der Waals surface area contributed by atoms with Gasteiger partial charge in [0, 0.05) is 69.2 Å². The van der Waals surface area contributed by atoms with E-state index in [1.54, 1.807) is 12.3 Å². The van der Waals surface area contributed by atoms with E-state index in [2.05, 4.69) is 69.0 Å². The van der Waals surface area contributed by atoms with Gasteiger partial charge < -0.3 is 34.3 Å². The molecule has 1 atom stereocenters. The van der Waals surface area contributed by atoms with Gasteiger partial charge in [-0.25, -0.2) is 13.1 Å². The number of aromatic nitrogens is 2. The van der Waals surface area contributed by atoms with Crippen LogP contribution in [0.5, 0.6) is 5.88 Å². The molecule has 4 aliphatic rings. The van der Waals surface area contributed by atoms with Crippen molar-refractivity contribution in [2.45, 2.75) is 50.5 Å². The highest BCUT2D eigenvalue weighted by molar-refractivity contribution is 7.90. The first kappa shape index (κ1) is 43.3. The molecule has 3 aliphatic heterocycles. The number of amides is 1. The maximum atomic E-state index is 14.4. The van der Waals surface area contributed by atoms with Crippen LogP contribution in [0.25, 0.3) is 16.6 Å². The minimum absolute atomic E-state index is 0.107. The van der Waals surface area contributed by atoms with Crippen LogP contribution < -0.4 is 24.6 Å². The molecule has 3 aromatic carbocycles. The molecule has 2 aromatic heterocycles. The summed E-state index contributed by atoms with van der Waals surface area (Å²) in [5.74, 6) is -0.490. The molecular formula is C47H54N8O8S. The molecular weight excluding hydrogens is 837 g/mol. The molecule has 64 heavy (non-hydrogen) atoms. The lowest BCUT2D eigenvalue weighted by molar-refractivity contribution is -0.384. The van der Waals surface area contributed by atoms with Crippen molar-refractivity contribution < 1.29 is 32.3 Å². The number of benzene rings is 3. The molecule has 9 rings (SSSR count). The summed E-state index contributed by atoms with van der Waals surface area (Å²) in [6.45, 7) is 11.2. The van der Waals surface area contributed by atoms with Gasteiger partial charge in [-0.2, -0.15) is 4.98 Å². The van der Waals surface area contributed by atoms with Gasteiger partial charge in [-0.05, 0) is 84.7 Å². The number of rotatable bonds is 12. The number of hydrogen-bond donors (Lipinski definition) is 3. The monoisotopic (exact) mass is 890 g/mol. The van der Waals surface area contributed by atoms with Crippen LogP contribution in [0.3, 0.4) is 0 Å². The molecule has 2 saturated heterocycles. The van der Waals surface area contributed by atoms with Crippen molar-refractivity contribution in [3.63, 3.8) is 0 Å². The van der Waals surface area contributed by atoms with Crippen molar-refractivity contribution in [1.82, 2.24) is 19.6 Å². The number of sulfonamides is 1. The fraction of sp³-hybridized carbons (Fsp3) is 0.404. The van der Waals surface area contributed by atoms with Gasteiger partial charge in [0.05, 0.1) is 53.6 Å². The number of ether oxygens (including phenoxy) is 3. The molecule has 16 nitrogen and oxygen atoms in total. The van der Waals surface area contributed by atoms with E-state index in [4.69, 9.17) is 19.2 Å². The van der Waals surface area contributed by atoms with Crippen molar-refractivity contribution in [3.8, 4) is 5.88 Å². The molecule has 0 radical (unpaired) electrons. The highest BCUT2D eigenvalue weighted by atomic mass is 32.2. The van der Waals surface area contributed by atoms with Crippen molar-refractivity contribution >= 4 is 61.0 Å². The summed E-state index contributed by atoms with van der Waals surface area (Å²) < 4.78 is 47.2. The van der Waals surface area contributed by atoms with Crippen LogP contribution in [0, 0.1) is 15.5 Å². The SMILES string of the molecule is CC1(C)CCC(CN2CCN(c3ccc(C(=O)NS(=O)(=O)c4ccc(NCC5COCCO5)c([N+](=O)[O-])c4)c(N4CCCOc5nc6[nH]ccc6cc54)c3)CC2)=C(c2ccccc2)C1. The normalized spacial score (nSPS) is 19.4. The highest BCUT2D eigenvalue weighted by Gasteiger charge is 2.32. The minimum atomic E-state index is -4.59. The summed E-state index contributed by atoms with van der Waals surface area (Å²) in [7, 11) is -4.59. The Labute approximate surface area is 372 Å². The second-order valence-corrected chi connectivity index (χ2v) is 19.3. The summed E-state index contributed by atoms with van der Waals surface area (Å²) >= 11 is 0. The lowest BCUT2D eigenvalue weighted by atomic mass is 9.72. The Morgan fingerprint density at radius 3 is 2.58 bits per heavy atom. The molecule has 1 amide bonds. The smallest absolute Gasteiger partial charge is 0.293 e. The zero-order valence-electron chi connectivity index (χ0n) is 36.2. The Morgan fingerprint density at radius 1 is 0.969 bits per heavy atom. The summed E-state index contributed by atoms with van der Waals surface area (Å²) in [5.41, 5.74) is 6.99. The first-order chi connectivity index (χ1) is 30.9. The predicted molar refractivity (Wildman–Crippen MR) is 246 cm³/mol. The number of allylic oxidation sites excluding steroid dienone is 1. The van der Waals surface area contributed by atoms with Gasteiger partial charge >= 0.3 is 0 Å². The maximum Gasteiger partial charge on any atom is 0.293 e.